The normalized spacial score (nSPS) is 14.2. The van der Waals surface area contributed by atoms with Crippen LogP contribution < -0.4 is 14.8 Å². The van der Waals surface area contributed by atoms with Crippen molar-refractivity contribution in [2.45, 2.75) is 27.4 Å². The smallest absolute Gasteiger partial charge is 0.294 e. The molecule has 0 aromatic heterocycles. The van der Waals surface area contributed by atoms with Crippen LogP contribution in [0.4, 0.5) is 10.5 Å². The number of hydrogen-bond acceptors (Lipinski definition) is 6. The fourth-order valence-electron chi connectivity index (χ4n) is 3.99. The summed E-state index contributed by atoms with van der Waals surface area (Å²) < 4.78 is 12.4. The van der Waals surface area contributed by atoms with Crippen LogP contribution in [0, 0.1) is 13.8 Å². The molecule has 1 heterocycles. The van der Waals surface area contributed by atoms with Gasteiger partial charge in [0.1, 0.15) is 13.2 Å². The van der Waals surface area contributed by atoms with Crippen molar-refractivity contribution in [2.75, 3.05) is 18.5 Å². The van der Waals surface area contributed by atoms with E-state index in [9.17, 15) is 14.4 Å². The van der Waals surface area contributed by atoms with Gasteiger partial charge in [0.05, 0.1) is 16.0 Å². The van der Waals surface area contributed by atoms with E-state index in [0.29, 0.717) is 45.5 Å². The summed E-state index contributed by atoms with van der Waals surface area (Å²) in [5, 5.41) is 2.90. The fraction of sp³-hybridized carbons (Fsp3) is 0.207. The number of nitrogens with zero attached hydrogens (tertiary/aromatic N) is 1. The summed E-state index contributed by atoms with van der Waals surface area (Å²) in [4.78, 5) is 39.4. The lowest BCUT2D eigenvalue weighted by Gasteiger charge is -2.15. The van der Waals surface area contributed by atoms with Crippen LogP contribution in [0.25, 0.3) is 6.08 Å². The molecule has 0 spiro atoms. The molecule has 1 saturated heterocycles. The van der Waals surface area contributed by atoms with Gasteiger partial charge in [0.25, 0.3) is 11.1 Å². The Bertz CT molecular complexity index is 1440. The Labute approximate surface area is 244 Å². The van der Waals surface area contributed by atoms with Crippen LogP contribution in [0.5, 0.6) is 11.5 Å². The van der Waals surface area contributed by atoms with Gasteiger partial charge in [-0.25, -0.2) is 0 Å². The monoisotopic (exact) mass is 628 g/mol. The quantitative estimate of drug-likeness (QED) is 0.249. The first-order valence-corrected chi connectivity index (χ1v) is 14.1. The fourth-order valence-corrected chi connectivity index (χ4v) is 5.53. The lowest BCUT2D eigenvalue weighted by Crippen LogP contribution is -2.36. The molecule has 3 amide bonds. The number of hydrogen-bond donors (Lipinski definition) is 1. The van der Waals surface area contributed by atoms with Gasteiger partial charge in [-0.05, 0) is 113 Å². The zero-order valence-corrected chi connectivity index (χ0v) is 24.7. The van der Waals surface area contributed by atoms with Crippen molar-refractivity contribution in [3.05, 3.63) is 91.3 Å². The minimum atomic E-state index is -0.530. The van der Waals surface area contributed by atoms with E-state index in [2.05, 4.69) is 21.2 Å². The van der Waals surface area contributed by atoms with E-state index in [1.165, 1.54) is 0 Å². The van der Waals surface area contributed by atoms with Crippen molar-refractivity contribution in [3.63, 3.8) is 0 Å². The molecular formula is C29H26BrClN2O5S. The van der Waals surface area contributed by atoms with Gasteiger partial charge < -0.3 is 14.8 Å². The summed E-state index contributed by atoms with van der Waals surface area (Å²) >= 11 is 10.3. The molecule has 0 saturated carbocycles. The average Bonchev–Trinajstić information content (AvgIpc) is 3.11. The molecule has 39 heavy (non-hydrogen) atoms. The van der Waals surface area contributed by atoms with Crippen molar-refractivity contribution >= 4 is 68.1 Å². The van der Waals surface area contributed by atoms with Crippen molar-refractivity contribution in [3.8, 4) is 11.5 Å². The van der Waals surface area contributed by atoms with Crippen molar-refractivity contribution in [2.24, 2.45) is 0 Å². The highest BCUT2D eigenvalue weighted by molar-refractivity contribution is 9.10. The van der Waals surface area contributed by atoms with E-state index >= 15 is 0 Å². The Morgan fingerprint density at radius 3 is 2.41 bits per heavy atom. The summed E-state index contributed by atoms with van der Waals surface area (Å²) in [6.07, 6.45) is 1.60. The molecule has 1 fully saturated rings. The Kier molecular flexibility index (Phi) is 9.37. The Hall–Kier alpha value is -3.27. The number of carbonyl (C=O) groups excluding carboxylic acids is 3. The zero-order chi connectivity index (χ0) is 28.1. The van der Waals surface area contributed by atoms with Crippen molar-refractivity contribution < 1.29 is 23.9 Å². The van der Waals surface area contributed by atoms with E-state index in [1.54, 1.807) is 30.3 Å². The highest BCUT2D eigenvalue weighted by atomic mass is 79.9. The van der Waals surface area contributed by atoms with E-state index < -0.39 is 17.1 Å². The minimum absolute atomic E-state index is 0.211. The molecule has 0 bridgehead atoms. The molecule has 7 nitrogen and oxygen atoms in total. The predicted molar refractivity (Wildman–Crippen MR) is 158 cm³/mol. The first-order chi connectivity index (χ1) is 18.6. The van der Waals surface area contributed by atoms with Crippen LogP contribution in [0.2, 0.25) is 5.02 Å². The second-order valence-corrected chi connectivity index (χ2v) is 11.2. The molecule has 202 valence electrons. The van der Waals surface area contributed by atoms with E-state index in [-0.39, 0.29) is 11.4 Å². The number of nitrogens with one attached hydrogen (secondary N) is 1. The highest BCUT2D eigenvalue weighted by Gasteiger charge is 2.36. The highest BCUT2D eigenvalue weighted by Crippen LogP contribution is 2.39. The van der Waals surface area contributed by atoms with Gasteiger partial charge in [-0.2, -0.15) is 0 Å². The molecule has 0 aliphatic carbocycles. The number of amides is 3. The van der Waals surface area contributed by atoms with Crippen LogP contribution in [0.3, 0.4) is 0 Å². The maximum Gasteiger partial charge on any atom is 0.294 e. The summed E-state index contributed by atoms with van der Waals surface area (Å²) in [6.45, 7) is 6.05. The zero-order valence-electron chi connectivity index (χ0n) is 21.5. The van der Waals surface area contributed by atoms with Gasteiger partial charge >= 0.3 is 0 Å². The first-order valence-electron chi connectivity index (χ1n) is 12.1. The van der Waals surface area contributed by atoms with Gasteiger partial charge in [-0.3, -0.25) is 19.3 Å². The Morgan fingerprint density at radius 2 is 1.74 bits per heavy atom. The number of carbonyl (C=O) groups is 3. The van der Waals surface area contributed by atoms with Crippen LogP contribution >= 0.6 is 39.3 Å². The number of thioether (sulfide) groups is 1. The third-order valence-electron chi connectivity index (χ3n) is 5.61. The molecular weight excluding hydrogens is 604 g/mol. The number of anilines is 1. The second kappa shape index (κ2) is 12.7. The molecule has 10 heteroatoms. The molecule has 0 radical (unpaired) electrons. The van der Waals surface area contributed by atoms with Gasteiger partial charge in [0, 0.05) is 10.7 Å². The predicted octanol–water partition coefficient (Wildman–Crippen LogP) is 7.37. The topological polar surface area (TPSA) is 84.9 Å². The molecule has 1 aliphatic rings. The Balaban J connectivity index is 1.48. The minimum Gasteiger partial charge on any atom is -0.490 e. The molecule has 1 N–H and O–H groups in total. The third-order valence-corrected chi connectivity index (χ3v) is 7.36. The lowest BCUT2D eigenvalue weighted by molar-refractivity contribution is -0.127. The second-order valence-electron chi connectivity index (χ2n) is 8.87. The number of imide groups is 1. The van der Waals surface area contributed by atoms with Crippen LogP contribution in [0.15, 0.2) is 64.0 Å². The number of rotatable bonds is 9. The SMILES string of the molecule is CCOc1cc(/C=C2/SC(=O)N(CC(=O)Nc3cc(C)cc(C)c3)C2=O)cc(Br)c1OCc1ccc(Cl)cc1. The summed E-state index contributed by atoms with van der Waals surface area (Å²) in [5.41, 5.74) is 4.19. The number of ether oxygens (including phenoxy) is 2. The number of halogens is 2. The summed E-state index contributed by atoms with van der Waals surface area (Å²) in [7, 11) is 0. The van der Waals surface area contributed by atoms with Crippen molar-refractivity contribution in [1.82, 2.24) is 4.90 Å². The lowest BCUT2D eigenvalue weighted by atomic mass is 10.1. The largest absolute Gasteiger partial charge is 0.490 e. The molecule has 0 unspecified atom stereocenters. The summed E-state index contributed by atoms with van der Waals surface area (Å²) in [5.74, 6) is 0.0177. The van der Waals surface area contributed by atoms with Crippen molar-refractivity contribution in [1.29, 1.82) is 0 Å². The number of benzene rings is 3. The molecule has 1 aliphatic heterocycles. The van der Waals surface area contributed by atoms with Crippen LogP contribution in [0.1, 0.15) is 29.2 Å². The van der Waals surface area contributed by atoms with E-state index in [4.69, 9.17) is 21.1 Å². The molecule has 3 aromatic carbocycles. The van der Waals surface area contributed by atoms with Gasteiger partial charge in [-0.1, -0.05) is 29.8 Å². The molecule has 4 rings (SSSR count). The summed E-state index contributed by atoms with van der Waals surface area (Å²) in [6, 6.07) is 16.5. The van der Waals surface area contributed by atoms with E-state index in [0.717, 1.165) is 33.4 Å². The molecule has 0 atom stereocenters. The Morgan fingerprint density at radius 1 is 1.05 bits per heavy atom. The maximum absolute atomic E-state index is 13.0. The van der Waals surface area contributed by atoms with Gasteiger partial charge in [0.2, 0.25) is 5.91 Å². The van der Waals surface area contributed by atoms with Gasteiger partial charge in [-0.15, -0.1) is 0 Å². The standard InChI is InChI=1S/C29H26BrClN2O5S/c1-4-37-24-13-20(12-23(30)27(24)38-16-19-5-7-21(31)8-6-19)14-25-28(35)33(29(36)39-25)15-26(34)32-22-10-17(2)9-18(3)11-22/h5-14H,4,15-16H2,1-3H3,(H,32,34)/b25-14+. The maximum atomic E-state index is 13.0. The molecule has 3 aromatic rings. The van der Waals surface area contributed by atoms with E-state index in [1.807, 2.05) is 51.1 Å². The van der Waals surface area contributed by atoms with Gasteiger partial charge in [0.15, 0.2) is 11.5 Å². The third kappa shape index (κ3) is 7.44. The first kappa shape index (κ1) is 28.7. The number of aryl methyl sites for hydroxylation is 2. The van der Waals surface area contributed by atoms with Crippen LogP contribution in [-0.4, -0.2) is 35.1 Å². The van der Waals surface area contributed by atoms with Crippen LogP contribution in [-0.2, 0) is 16.2 Å². The average molecular weight is 630 g/mol.